The third kappa shape index (κ3) is 2.91. The summed E-state index contributed by atoms with van der Waals surface area (Å²) in [6.45, 7) is 4.99. The van der Waals surface area contributed by atoms with E-state index in [2.05, 4.69) is 23.9 Å². The summed E-state index contributed by atoms with van der Waals surface area (Å²) in [7, 11) is 0. The molecule has 98 valence electrons. The highest BCUT2D eigenvalue weighted by Gasteiger charge is 2.18. The number of aliphatic hydroxyl groups is 1. The molecule has 0 fully saturated rings. The van der Waals surface area contributed by atoms with E-state index in [0.29, 0.717) is 17.9 Å². The molecule has 0 aromatic carbocycles. The number of nitrogens with zero attached hydrogens (tertiary/aromatic N) is 3. The van der Waals surface area contributed by atoms with Crippen LogP contribution in [0.15, 0.2) is 23.1 Å². The van der Waals surface area contributed by atoms with Crippen LogP contribution in [0.4, 0.5) is 0 Å². The van der Waals surface area contributed by atoms with Crippen LogP contribution in [0, 0.1) is 5.92 Å². The lowest BCUT2D eigenvalue weighted by Gasteiger charge is -2.11. The van der Waals surface area contributed by atoms with E-state index in [9.17, 15) is 5.11 Å². The van der Waals surface area contributed by atoms with E-state index >= 15 is 0 Å². The standard InChI is InChI=1S/C12H16ClN3O2/c1-8(2)6-16-11(14-7-15-16)5-10(17)9-3-4-18-12(9)13/h3-4,7-8,10,17H,5-6H2,1-2H3. The first-order valence-corrected chi connectivity index (χ1v) is 6.23. The number of aliphatic hydroxyl groups excluding tert-OH is 1. The maximum Gasteiger partial charge on any atom is 0.198 e. The average Bonchev–Trinajstić information content (AvgIpc) is 2.88. The molecule has 18 heavy (non-hydrogen) atoms. The van der Waals surface area contributed by atoms with Crippen molar-refractivity contribution in [1.29, 1.82) is 0 Å². The van der Waals surface area contributed by atoms with Crippen LogP contribution in [0.25, 0.3) is 0 Å². The van der Waals surface area contributed by atoms with Crippen LogP contribution in [-0.2, 0) is 13.0 Å². The highest BCUT2D eigenvalue weighted by atomic mass is 35.5. The Morgan fingerprint density at radius 3 is 2.89 bits per heavy atom. The Morgan fingerprint density at radius 2 is 2.28 bits per heavy atom. The first-order chi connectivity index (χ1) is 8.58. The molecule has 2 aromatic rings. The Balaban J connectivity index is 2.10. The van der Waals surface area contributed by atoms with Crippen LogP contribution in [-0.4, -0.2) is 19.9 Å². The summed E-state index contributed by atoms with van der Waals surface area (Å²) >= 11 is 5.83. The quantitative estimate of drug-likeness (QED) is 0.906. The zero-order valence-electron chi connectivity index (χ0n) is 10.4. The minimum Gasteiger partial charge on any atom is -0.453 e. The molecule has 6 heteroatoms. The summed E-state index contributed by atoms with van der Waals surface area (Å²) in [6, 6.07) is 1.66. The zero-order valence-corrected chi connectivity index (χ0v) is 11.1. The van der Waals surface area contributed by atoms with Gasteiger partial charge in [-0.25, -0.2) is 9.67 Å². The van der Waals surface area contributed by atoms with Crippen LogP contribution in [0.5, 0.6) is 0 Å². The summed E-state index contributed by atoms with van der Waals surface area (Å²) in [5, 5.41) is 14.5. The van der Waals surface area contributed by atoms with E-state index in [-0.39, 0.29) is 5.22 Å². The van der Waals surface area contributed by atoms with E-state index in [1.54, 1.807) is 6.07 Å². The zero-order chi connectivity index (χ0) is 13.1. The second-order valence-corrected chi connectivity index (χ2v) is 4.97. The van der Waals surface area contributed by atoms with Gasteiger partial charge >= 0.3 is 0 Å². The molecule has 0 aliphatic heterocycles. The molecule has 2 heterocycles. The Kier molecular flexibility index (Phi) is 4.04. The van der Waals surface area contributed by atoms with Crippen molar-refractivity contribution in [3.05, 3.63) is 35.3 Å². The Bertz CT molecular complexity index is 507. The molecule has 0 amide bonds. The van der Waals surface area contributed by atoms with Gasteiger partial charge in [0.05, 0.1) is 12.4 Å². The molecule has 0 saturated heterocycles. The highest BCUT2D eigenvalue weighted by Crippen LogP contribution is 2.26. The fraction of sp³-hybridized carbons (Fsp3) is 0.500. The molecule has 1 N–H and O–H groups in total. The van der Waals surface area contributed by atoms with Gasteiger partial charge in [0.1, 0.15) is 12.2 Å². The number of aromatic nitrogens is 3. The van der Waals surface area contributed by atoms with Gasteiger partial charge in [0.15, 0.2) is 5.22 Å². The van der Waals surface area contributed by atoms with Crippen LogP contribution in [0.3, 0.4) is 0 Å². The van der Waals surface area contributed by atoms with E-state index in [1.807, 2.05) is 4.68 Å². The maximum atomic E-state index is 10.1. The number of furan rings is 1. The summed E-state index contributed by atoms with van der Waals surface area (Å²) in [5.41, 5.74) is 0.579. The van der Waals surface area contributed by atoms with Gasteiger partial charge in [0.2, 0.25) is 0 Å². The lowest BCUT2D eigenvalue weighted by molar-refractivity contribution is 0.172. The third-order valence-electron chi connectivity index (χ3n) is 2.61. The molecule has 0 radical (unpaired) electrons. The number of hydrogen-bond donors (Lipinski definition) is 1. The van der Waals surface area contributed by atoms with Crippen LogP contribution < -0.4 is 0 Å². The Labute approximate surface area is 110 Å². The van der Waals surface area contributed by atoms with Gasteiger partial charge in [-0.1, -0.05) is 13.8 Å². The van der Waals surface area contributed by atoms with Crippen molar-refractivity contribution in [1.82, 2.24) is 14.8 Å². The van der Waals surface area contributed by atoms with E-state index in [4.69, 9.17) is 16.0 Å². The predicted molar refractivity (Wildman–Crippen MR) is 67.2 cm³/mol. The van der Waals surface area contributed by atoms with Gasteiger partial charge in [-0.05, 0) is 23.6 Å². The molecule has 5 nitrogen and oxygen atoms in total. The topological polar surface area (TPSA) is 64.1 Å². The first kappa shape index (κ1) is 13.1. The third-order valence-corrected chi connectivity index (χ3v) is 2.92. The summed E-state index contributed by atoms with van der Waals surface area (Å²) < 4.78 is 6.77. The smallest absolute Gasteiger partial charge is 0.198 e. The molecule has 1 unspecified atom stereocenters. The molecule has 0 aliphatic rings. The van der Waals surface area contributed by atoms with Crippen LogP contribution in [0.1, 0.15) is 31.3 Å². The fourth-order valence-corrected chi connectivity index (χ4v) is 2.01. The van der Waals surface area contributed by atoms with E-state index in [0.717, 1.165) is 12.4 Å². The van der Waals surface area contributed by atoms with E-state index < -0.39 is 6.10 Å². The van der Waals surface area contributed by atoms with Crippen LogP contribution in [0.2, 0.25) is 5.22 Å². The number of rotatable bonds is 5. The van der Waals surface area contributed by atoms with E-state index in [1.165, 1.54) is 12.6 Å². The molecule has 0 saturated carbocycles. The van der Waals surface area contributed by atoms with Crippen molar-refractivity contribution in [3.8, 4) is 0 Å². The molecule has 2 rings (SSSR count). The fourth-order valence-electron chi connectivity index (χ4n) is 1.77. The van der Waals surface area contributed by atoms with Crippen LogP contribution >= 0.6 is 11.6 Å². The molecular formula is C12H16ClN3O2. The second-order valence-electron chi connectivity index (χ2n) is 4.62. The maximum absolute atomic E-state index is 10.1. The van der Waals surface area contributed by atoms with Gasteiger partial charge in [-0.2, -0.15) is 5.10 Å². The molecule has 0 bridgehead atoms. The number of halogens is 1. The van der Waals surface area contributed by atoms with Gasteiger partial charge in [-0.3, -0.25) is 0 Å². The van der Waals surface area contributed by atoms with Crippen molar-refractivity contribution in [2.45, 2.75) is 32.9 Å². The monoisotopic (exact) mass is 269 g/mol. The van der Waals surface area contributed by atoms with Crippen molar-refractivity contribution < 1.29 is 9.52 Å². The largest absolute Gasteiger partial charge is 0.453 e. The minimum absolute atomic E-state index is 0.220. The van der Waals surface area contributed by atoms with Crippen molar-refractivity contribution in [3.63, 3.8) is 0 Å². The molecule has 0 aliphatic carbocycles. The Hall–Kier alpha value is -1.33. The second kappa shape index (κ2) is 5.54. The minimum atomic E-state index is -0.730. The molecule has 2 aromatic heterocycles. The van der Waals surface area contributed by atoms with Gasteiger partial charge in [-0.15, -0.1) is 0 Å². The average molecular weight is 270 g/mol. The summed E-state index contributed by atoms with van der Waals surface area (Å²) in [5.74, 6) is 1.22. The van der Waals surface area contributed by atoms with Gasteiger partial charge in [0.25, 0.3) is 0 Å². The predicted octanol–water partition coefficient (Wildman–Crippen LogP) is 2.46. The van der Waals surface area contributed by atoms with Crippen molar-refractivity contribution in [2.24, 2.45) is 5.92 Å². The normalized spacial score (nSPS) is 13.2. The molecular weight excluding hydrogens is 254 g/mol. The molecule has 0 spiro atoms. The summed E-state index contributed by atoms with van der Waals surface area (Å²) in [6.07, 6.45) is 2.60. The lowest BCUT2D eigenvalue weighted by Crippen LogP contribution is -2.13. The van der Waals surface area contributed by atoms with Gasteiger partial charge in [0, 0.05) is 18.5 Å². The lowest BCUT2D eigenvalue weighted by atomic mass is 10.1. The first-order valence-electron chi connectivity index (χ1n) is 5.85. The van der Waals surface area contributed by atoms with Gasteiger partial charge < -0.3 is 9.52 Å². The highest BCUT2D eigenvalue weighted by molar-refractivity contribution is 6.29. The van der Waals surface area contributed by atoms with Crippen molar-refractivity contribution in [2.75, 3.05) is 0 Å². The SMILES string of the molecule is CC(C)Cn1ncnc1CC(O)c1ccoc1Cl. The number of hydrogen-bond acceptors (Lipinski definition) is 4. The molecule has 1 atom stereocenters. The summed E-state index contributed by atoms with van der Waals surface area (Å²) in [4.78, 5) is 4.17. The Morgan fingerprint density at radius 1 is 1.50 bits per heavy atom. The van der Waals surface area contributed by atoms with Crippen molar-refractivity contribution >= 4 is 11.6 Å².